The third-order valence-corrected chi connectivity index (χ3v) is 3.35. The molecule has 0 spiro atoms. The van der Waals surface area contributed by atoms with E-state index in [1.54, 1.807) is 19.3 Å². The van der Waals surface area contributed by atoms with Crippen molar-refractivity contribution < 1.29 is 4.42 Å². The average molecular weight is 258 g/mol. The van der Waals surface area contributed by atoms with Crippen LogP contribution in [0, 0.1) is 0 Å². The minimum atomic E-state index is -0.361. The third kappa shape index (κ3) is 1.68. The molecule has 0 saturated carbocycles. The van der Waals surface area contributed by atoms with Crippen LogP contribution >= 0.6 is 0 Å². The number of imidazole rings is 1. The first-order valence-corrected chi connectivity index (χ1v) is 5.92. The Morgan fingerprint density at radius 2 is 2.11 bits per heavy atom. The molecule has 0 fully saturated rings. The van der Waals surface area contributed by atoms with Gasteiger partial charge in [-0.05, 0) is 18.2 Å². The van der Waals surface area contributed by atoms with E-state index in [1.165, 1.54) is 4.57 Å². The van der Waals surface area contributed by atoms with Gasteiger partial charge in [0.25, 0.3) is 0 Å². The van der Waals surface area contributed by atoms with Gasteiger partial charge in [0.05, 0.1) is 24.0 Å². The lowest BCUT2D eigenvalue weighted by atomic mass is 10.1. The molecule has 0 atom stereocenters. The molecular formula is C13H14N4O2. The molecule has 2 heterocycles. The van der Waals surface area contributed by atoms with Gasteiger partial charge < -0.3 is 14.7 Å². The zero-order valence-electron chi connectivity index (χ0n) is 10.8. The van der Waals surface area contributed by atoms with Crippen molar-refractivity contribution in [2.24, 2.45) is 19.8 Å². The van der Waals surface area contributed by atoms with E-state index >= 15 is 0 Å². The molecule has 19 heavy (non-hydrogen) atoms. The molecule has 98 valence electrons. The van der Waals surface area contributed by atoms with Crippen molar-refractivity contribution in [3.63, 3.8) is 0 Å². The molecule has 3 rings (SSSR count). The topological polar surface area (TPSA) is 79.0 Å². The minimum absolute atomic E-state index is 0.361. The van der Waals surface area contributed by atoms with Crippen molar-refractivity contribution in [2.45, 2.75) is 6.54 Å². The Morgan fingerprint density at radius 3 is 2.79 bits per heavy atom. The zero-order chi connectivity index (χ0) is 13.6. The summed E-state index contributed by atoms with van der Waals surface area (Å²) < 4.78 is 8.54. The lowest BCUT2D eigenvalue weighted by molar-refractivity contribution is 0.528. The zero-order valence-corrected chi connectivity index (χ0v) is 10.8. The van der Waals surface area contributed by atoms with Gasteiger partial charge in [0.2, 0.25) is 0 Å². The highest BCUT2D eigenvalue weighted by atomic mass is 16.4. The fourth-order valence-electron chi connectivity index (χ4n) is 2.19. The number of aromatic nitrogens is 3. The van der Waals surface area contributed by atoms with E-state index in [0.29, 0.717) is 12.1 Å². The van der Waals surface area contributed by atoms with Crippen LogP contribution in [0.25, 0.3) is 22.4 Å². The van der Waals surface area contributed by atoms with Crippen molar-refractivity contribution >= 4 is 11.1 Å². The average Bonchev–Trinajstić information content (AvgIpc) is 2.91. The lowest BCUT2D eigenvalue weighted by Crippen LogP contribution is -2.08. The number of benzene rings is 1. The Bertz CT molecular complexity index is 810. The number of nitrogens with zero attached hydrogens (tertiary/aromatic N) is 3. The molecule has 2 aromatic heterocycles. The second-order valence-electron chi connectivity index (χ2n) is 4.43. The molecule has 0 unspecified atom stereocenters. The van der Waals surface area contributed by atoms with Crippen LogP contribution in [-0.4, -0.2) is 14.1 Å². The molecular weight excluding hydrogens is 244 g/mol. The van der Waals surface area contributed by atoms with E-state index in [0.717, 1.165) is 22.6 Å². The second-order valence-corrected chi connectivity index (χ2v) is 4.43. The molecule has 0 aliphatic heterocycles. The first-order valence-electron chi connectivity index (χ1n) is 5.92. The highest BCUT2D eigenvalue weighted by Gasteiger charge is 2.11. The predicted octanol–water partition coefficient (Wildman–Crippen LogP) is 0.991. The highest BCUT2D eigenvalue weighted by Crippen LogP contribution is 2.24. The number of fused-ring (bicyclic) bond motifs is 1. The van der Waals surface area contributed by atoms with Gasteiger partial charge in [0.15, 0.2) is 5.58 Å². The summed E-state index contributed by atoms with van der Waals surface area (Å²) in [4.78, 5) is 15.7. The van der Waals surface area contributed by atoms with Crippen LogP contribution in [0.1, 0.15) is 5.82 Å². The van der Waals surface area contributed by atoms with E-state index in [-0.39, 0.29) is 5.76 Å². The smallest absolute Gasteiger partial charge is 0.408 e. The first kappa shape index (κ1) is 11.7. The maximum Gasteiger partial charge on any atom is 0.419 e. The van der Waals surface area contributed by atoms with Crippen LogP contribution in [-0.2, 0) is 20.6 Å². The number of hydrogen-bond donors (Lipinski definition) is 1. The van der Waals surface area contributed by atoms with Crippen molar-refractivity contribution in [2.75, 3.05) is 0 Å². The van der Waals surface area contributed by atoms with E-state index in [4.69, 9.17) is 10.2 Å². The van der Waals surface area contributed by atoms with E-state index in [1.807, 2.05) is 23.7 Å². The summed E-state index contributed by atoms with van der Waals surface area (Å²) in [5, 5.41) is 0. The maximum atomic E-state index is 11.5. The SMILES string of the molecule is Cn1c(-c2ccc3oc(=O)n(C)c3c2)cnc1CN. The normalized spacial score (nSPS) is 11.3. The fraction of sp³-hybridized carbons (Fsp3) is 0.231. The monoisotopic (exact) mass is 258 g/mol. The van der Waals surface area contributed by atoms with Crippen LogP contribution in [0.15, 0.2) is 33.6 Å². The molecule has 3 aromatic rings. The van der Waals surface area contributed by atoms with Gasteiger partial charge in [0, 0.05) is 19.7 Å². The van der Waals surface area contributed by atoms with Crippen LogP contribution < -0.4 is 11.5 Å². The van der Waals surface area contributed by atoms with Crippen LogP contribution in [0.2, 0.25) is 0 Å². The number of rotatable bonds is 2. The largest absolute Gasteiger partial charge is 0.419 e. The van der Waals surface area contributed by atoms with Gasteiger partial charge in [-0.15, -0.1) is 0 Å². The van der Waals surface area contributed by atoms with Crippen molar-refractivity contribution in [3.05, 3.63) is 40.8 Å². The Hall–Kier alpha value is -2.34. The fourth-order valence-corrected chi connectivity index (χ4v) is 2.19. The van der Waals surface area contributed by atoms with Gasteiger partial charge in [-0.2, -0.15) is 0 Å². The summed E-state index contributed by atoms with van der Waals surface area (Å²) in [7, 11) is 3.61. The lowest BCUT2D eigenvalue weighted by Gasteiger charge is -2.05. The number of aryl methyl sites for hydroxylation is 1. The molecule has 2 N–H and O–H groups in total. The molecule has 0 aliphatic carbocycles. The predicted molar refractivity (Wildman–Crippen MR) is 71.5 cm³/mol. The summed E-state index contributed by atoms with van der Waals surface area (Å²) in [5.41, 5.74) is 8.88. The Morgan fingerprint density at radius 1 is 1.32 bits per heavy atom. The second kappa shape index (κ2) is 4.10. The summed E-state index contributed by atoms with van der Waals surface area (Å²) in [6.07, 6.45) is 1.78. The highest BCUT2D eigenvalue weighted by molar-refractivity contribution is 5.79. The first-order chi connectivity index (χ1) is 9.11. The van der Waals surface area contributed by atoms with E-state index in [2.05, 4.69) is 4.98 Å². The van der Waals surface area contributed by atoms with E-state index in [9.17, 15) is 4.79 Å². The van der Waals surface area contributed by atoms with Gasteiger partial charge in [-0.1, -0.05) is 0 Å². The molecule has 6 nitrogen and oxygen atoms in total. The standard InChI is InChI=1S/C13H14N4O2/c1-16-10(7-15-12(16)6-14)8-3-4-11-9(5-8)17(2)13(18)19-11/h3-5,7H,6,14H2,1-2H3. The Kier molecular flexibility index (Phi) is 2.53. The van der Waals surface area contributed by atoms with Crippen molar-refractivity contribution in [3.8, 4) is 11.3 Å². The molecule has 6 heteroatoms. The number of hydrogen-bond acceptors (Lipinski definition) is 4. The van der Waals surface area contributed by atoms with Crippen molar-refractivity contribution in [1.82, 2.24) is 14.1 Å². The van der Waals surface area contributed by atoms with Gasteiger partial charge in [0.1, 0.15) is 5.82 Å². The molecule has 0 amide bonds. The van der Waals surface area contributed by atoms with Crippen molar-refractivity contribution in [1.29, 1.82) is 0 Å². The molecule has 1 aromatic carbocycles. The van der Waals surface area contributed by atoms with Gasteiger partial charge >= 0.3 is 5.76 Å². The summed E-state index contributed by atoms with van der Waals surface area (Å²) in [6.45, 7) is 0.392. The number of nitrogens with two attached hydrogens (primary N) is 1. The molecule has 0 bridgehead atoms. The van der Waals surface area contributed by atoms with Gasteiger partial charge in [-0.3, -0.25) is 4.57 Å². The summed E-state index contributed by atoms with van der Waals surface area (Å²) in [5.74, 6) is 0.455. The summed E-state index contributed by atoms with van der Waals surface area (Å²) >= 11 is 0. The third-order valence-electron chi connectivity index (χ3n) is 3.35. The van der Waals surface area contributed by atoms with E-state index < -0.39 is 0 Å². The molecule has 0 aliphatic rings. The molecule has 0 saturated heterocycles. The Balaban J connectivity index is 2.22. The molecule has 0 radical (unpaired) electrons. The Labute approximate surface area is 109 Å². The van der Waals surface area contributed by atoms with Gasteiger partial charge in [-0.25, -0.2) is 9.78 Å². The maximum absolute atomic E-state index is 11.5. The van der Waals surface area contributed by atoms with Crippen LogP contribution in [0.4, 0.5) is 0 Å². The number of oxazole rings is 1. The quantitative estimate of drug-likeness (QED) is 0.743. The minimum Gasteiger partial charge on any atom is -0.408 e. The van der Waals surface area contributed by atoms with Crippen LogP contribution in [0.5, 0.6) is 0 Å². The van der Waals surface area contributed by atoms with Crippen LogP contribution in [0.3, 0.4) is 0 Å². The summed E-state index contributed by atoms with van der Waals surface area (Å²) in [6, 6.07) is 5.61.